The lowest BCUT2D eigenvalue weighted by molar-refractivity contribution is 0.121. The number of pyridine rings is 1. The molecule has 0 radical (unpaired) electrons. The fraction of sp³-hybridized carbons (Fsp3) is 0.143. The van der Waals surface area contributed by atoms with Gasteiger partial charge in [0.1, 0.15) is 5.75 Å². The number of H-pyrrole nitrogens is 1. The van der Waals surface area contributed by atoms with Crippen LogP contribution in [0.25, 0.3) is 22.0 Å². The van der Waals surface area contributed by atoms with E-state index in [1.54, 1.807) is 31.8 Å². The van der Waals surface area contributed by atoms with E-state index in [9.17, 15) is 5.11 Å². The number of rotatable bonds is 2. The zero-order valence-corrected chi connectivity index (χ0v) is 19.7. The maximum atomic E-state index is 12.3. The average molecular weight is 484 g/mol. The van der Waals surface area contributed by atoms with Gasteiger partial charge in [0.2, 0.25) is 5.88 Å². The number of aliphatic hydroxyl groups is 1. The number of nitrogens with one attached hydrogen (secondary N) is 1. The monoisotopic (exact) mass is 483 g/mol. The molecule has 0 saturated heterocycles. The molecule has 6 rings (SSSR count). The van der Waals surface area contributed by atoms with E-state index in [2.05, 4.69) is 33.2 Å². The molecule has 0 spiro atoms. The Bertz CT molecular complexity index is 1550. The third kappa shape index (κ3) is 3.62. The van der Waals surface area contributed by atoms with Crippen molar-refractivity contribution in [1.82, 2.24) is 15.0 Å². The molecule has 1 unspecified atom stereocenters. The predicted octanol–water partition coefficient (Wildman–Crippen LogP) is 5.51. The van der Waals surface area contributed by atoms with Crippen LogP contribution in [0.1, 0.15) is 22.4 Å². The molecule has 3 aromatic carbocycles. The van der Waals surface area contributed by atoms with Gasteiger partial charge in [-0.25, -0.2) is 9.97 Å². The maximum Gasteiger partial charge on any atom is 0.214 e. The normalized spacial score (nSPS) is 17.1. The molecule has 0 fully saturated rings. The first kappa shape index (κ1) is 21.6. The summed E-state index contributed by atoms with van der Waals surface area (Å²) in [7, 11) is 1.61. The van der Waals surface area contributed by atoms with Crippen molar-refractivity contribution in [1.29, 1.82) is 0 Å². The molecule has 0 amide bonds. The van der Waals surface area contributed by atoms with Gasteiger partial charge in [-0.05, 0) is 52.1 Å². The van der Waals surface area contributed by atoms with Crippen molar-refractivity contribution in [2.45, 2.75) is 12.0 Å². The van der Waals surface area contributed by atoms with Gasteiger partial charge in [0, 0.05) is 17.9 Å². The highest BCUT2D eigenvalue weighted by Crippen LogP contribution is 2.41. The number of imidazole rings is 1. The Labute approximate surface area is 207 Å². The summed E-state index contributed by atoms with van der Waals surface area (Å²) < 4.78 is 11.6. The van der Waals surface area contributed by atoms with Crippen LogP contribution in [-0.4, -0.2) is 33.8 Å². The Morgan fingerprint density at radius 1 is 1.06 bits per heavy atom. The third-order valence-electron chi connectivity index (χ3n) is 6.54. The summed E-state index contributed by atoms with van der Waals surface area (Å²) in [4.78, 5) is 11.9. The Kier molecular flexibility index (Phi) is 5.20. The van der Waals surface area contributed by atoms with Crippen molar-refractivity contribution < 1.29 is 14.6 Å². The van der Waals surface area contributed by atoms with Crippen molar-refractivity contribution in [2.75, 3.05) is 13.7 Å². The van der Waals surface area contributed by atoms with E-state index in [-0.39, 0.29) is 0 Å². The summed E-state index contributed by atoms with van der Waals surface area (Å²) in [5.74, 6) is 1.05. The lowest BCUT2D eigenvalue weighted by Crippen LogP contribution is -2.29. The maximum absolute atomic E-state index is 12.3. The molecule has 3 heterocycles. The topological polar surface area (TPSA) is 80.3 Å². The van der Waals surface area contributed by atoms with Gasteiger partial charge in [0.05, 0.1) is 42.5 Å². The molecule has 7 heteroatoms. The van der Waals surface area contributed by atoms with Crippen LogP contribution in [0.3, 0.4) is 0 Å². The zero-order chi connectivity index (χ0) is 24.0. The van der Waals surface area contributed by atoms with Crippen molar-refractivity contribution in [3.05, 3.63) is 107 Å². The van der Waals surface area contributed by atoms with E-state index in [0.717, 1.165) is 27.6 Å². The van der Waals surface area contributed by atoms with Crippen LogP contribution >= 0.6 is 11.6 Å². The van der Waals surface area contributed by atoms with Gasteiger partial charge in [-0.2, -0.15) is 0 Å². The number of methoxy groups -OCH3 is 1. The molecule has 1 aliphatic rings. The molecule has 1 atom stereocenters. The first-order chi connectivity index (χ1) is 17.1. The van der Waals surface area contributed by atoms with E-state index in [1.165, 1.54) is 0 Å². The first-order valence-electron chi connectivity index (χ1n) is 11.3. The molecule has 6 bridgehead atoms. The molecule has 0 aliphatic carbocycles. The van der Waals surface area contributed by atoms with E-state index < -0.39 is 5.60 Å². The number of ether oxygens (including phenoxy) is 2. The molecule has 5 aromatic rings. The summed E-state index contributed by atoms with van der Waals surface area (Å²) in [5.41, 5.74) is 4.18. The standard InChI is InChI=1S/C28H22ClN3O3/c1-34-27-14-21-18-4-2-3-17(11-18)9-10-35-25-13-20(5-7-23(25)29)28(33,26-15-30-16-31-26)19-6-8-24(32-27)22(21)12-19/h2-8,11-16,33H,9-10H2,1H3,(H,30,31). The minimum absolute atomic E-state index is 0.440. The largest absolute Gasteiger partial charge is 0.492 e. The SMILES string of the molecule is COc1cc2c3cc(ccc3n1)C(O)(c1cnc[nH]1)c1ccc(Cl)c(c1)OCCc1cccc-2c1. The highest BCUT2D eigenvalue weighted by Gasteiger charge is 2.36. The molecular weight excluding hydrogens is 462 g/mol. The fourth-order valence-electron chi connectivity index (χ4n) is 4.71. The Balaban J connectivity index is 1.70. The quantitative estimate of drug-likeness (QED) is 0.346. The Morgan fingerprint density at radius 2 is 1.91 bits per heavy atom. The summed E-state index contributed by atoms with van der Waals surface area (Å²) in [6.45, 7) is 0.440. The van der Waals surface area contributed by atoms with Gasteiger partial charge in [0.15, 0.2) is 5.60 Å². The summed E-state index contributed by atoms with van der Waals surface area (Å²) in [5, 5.41) is 13.7. The lowest BCUT2D eigenvalue weighted by atomic mass is 9.82. The van der Waals surface area contributed by atoms with Crippen molar-refractivity contribution in [3.8, 4) is 22.8 Å². The minimum Gasteiger partial charge on any atom is -0.492 e. The van der Waals surface area contributed by atoms with Crippen LogP contribution in [-0.2, 0) is 12.0 Å². The molecule has 1 aliphatic heterocycles. The van der Waals surface area contributed by atoms with Crippen LogP contribution in [0.5, 0.6) is 11.6 Å². The van der Waals surface area contributed by atoms with E-state index in [4.69, 9.17) is 21.1 Å². The molecule has 35 heavy (non-hydrogen) atoms. The molecule has 2 N–H and O–H groups in total. The van der Waals surface area contributed by atoms with Gasteiger partial charge in [0.25, 0.3) is 0 Å². The van der Waals surface area contributed by atoms with Crippen LogP contribution in [0.4, 0.5) is 0 Å². The minimum atomic E-state index is -1.53. The van der Waals surface area contributed by atoms with Gasteiger partial charge in [-0.3, -0.25) is 0 Å². The number of halogens is 1. The number of hydrogen-bond acceptors (Lipinski definition) is 5. The molecule has 174 valence electrons. The number of hydrogen-bond donors (Lipinski definition) is 2. The highest BCUT2D eigenvalue weighted by molar-refractivity contribution is 6.32. The molecular formula is C28H22ClN3O3. The van der Waals surface area contributed by atoms with Crippen molar-refractivity contribution >= 4 is 22.5 Å². The summed E-state index contributed by atoms with van der Waals surface area (Å²) >= 11 is 6.47. The first-order valence-corrected chi connectivity index (χ1v) is 11.7. The third-order valence-corrected chi connectivity index (χ3v) is 6.85. The average Bonchev–Trinajstić information content (AvgIpc) is 3.44. The summed E-state index contributed by atoms with van der Waals surface area (Å²) in [6, 6.07) is 21.4. The second-order valence-electron chi connectivity index (χ2n) is 8.56. The lowest BCUT2D eigenvalue weighted by Gasteiger charge is -2.29. The van der Waals surface area contributed by atoms with Crippen LogP contribution in [0.2, 0.25) is 5.02 Å². The van der Waals surface area contributed by atoms with Gasteiger partial charge in [-0.15, -0.1) is 0 Å². The molecule has 0 saturated carbocycles. The smallest absolute Gasteiger partial charge is 0.214 e. The van der Waals surface area contributed by atoms with Crippen LogP contribution in [0.15, 0.2) is 79.3 Å². The predicted molar refractivity (Wildman–Crippen MR) is 135 cm³/mol. The van der Waals surface area contributed by atoms with Crippen LogP contribution < -0.4 is 9.47 Å². The number of fused-ring (bicyclic) bond motifs is 6. The Morgan fingerprint density at radius 3 is 2.74 bits per heavy atom. The van der Waals surface area contributed by atoms with Gasteiger partial charge >= 0.3 is 0 Å². The summed E-state index contributed by atoms with van der Waals surface area (Å²) in [6.07, 6.45) is 3.88. The second kappa shape index (κ2) is 8.41. The number of aromatic nitrogens is 3. The zero-order valence-electron chi connectivity index (χ0n) is 19.0. The van der Waals surface area contributed by atoms with Crippen molar-refractivity contribution in [3.63, 3.8) is 0 Å². The van der Waals surface area contributed by atoms with Crippen molar-refractivity contribution in [2.24, 2.45) is 0 Å². The van der Waals surface area contributed by atoms with E-state index in [0.29, 0.717) is 46.5 Å². The number of aromatic amines is 1. The highest BCUT2D eigenvalue weighted by atomic mass is 35.5. The van der Waals surface area contributed by atoms with Gasteiger partial charge < -0.3 is 19.6 Å². The fourth-order valence-corrected chi connectivity index (χ4v) is 4.89. The number of benzene rings is 3. The Hall–Kier alpha value is -3.87. The second-order valence-corrected chi connectivity index (χ2v) is 8.97. The van der Waals surface area contributed by atoms with Gasteiger partial charge in [-0.1, -0.05) is 48.0 Å². The molecule has 6 nitrogen and oxygen atoms in total. The van der Waals surface area contributed by atoms with E-state index in [1.807, 2.05) is 36.4 Å². The van der Waals surface area contributed by atoms with Crippen LogP contribution in [0, 0.1) is 0 Å². The molecule has 2 aromatic heterocycles. The van der Waals surface area contributed by atoms with E-state index >= 15 is 0 Å². The number of nitrogens with zero attached hydrogens (tertiary/aromatic N) is 2.